The van der Waals surface area contributed by atoms with E-state index in [2.05, 4.69) is 29.1 Å². The van der Waals surface area contributed by atoms with E-state index in [1.807, 2.05) is 0 Å². The van der Waals surface area contributed by atoms with Crippen molar-refractivity contribution in [2.45, 2.75) is 51.1 Å². The predicted molar refractivity (Wildman–Crippen MR) is 73.4 cm³/mol. The molecule has 0 aromatic heterocycles. The molecule has 2 aliphatic rings. The molecule has 0 aliphatic carbocycles. The van der Waals surface area contributed by atoms with Crippen LogP contribution in [0.2, 0.25) is 0 Å². The Balaban J connectivity index is 1.57. The number of hydrogen-bond donors (Lipinski definition) is 1. The SMILES string of the molecule is CNC(C)CCCCN1CCN2CCCC2C1. The summed E-state index contributed by atoms with van der Waals surface area (Å²) in [6.45, 7) is 8.91. The smallest absolute Gasteiger partial charge is 0.0224 e. The van der Waals surface area contributed by atoms with Crippen LogP contribution in [-0.4, -0.2) is 61.7 Å². The molecule has 0 aromatic carbocycles. The third-order valence-electron chi connectivity index (χ3n) is 4.53. The van der Waals surface area contributed by atoms with Gasteiger partial charge < -0.3 is 10.2 Å². The van der Waals surface area contributed by atoms with Crippen molar-refractivity contribution < 1.29 is 0 Å². The zero-order valence-corrected chi connectivity index (χ0v) is 11.6. The first-order chi connectivity index (χ1) is 8.29. The van der Waals surface area contributed by atoms with Gasteiger partial charge in [-0.2, -0.15) is 0 Å². The van der Waals surface area contributed by atoms with Gasteiger partial charge in [-0.15, -0.1) is 0 Å². The van der Waals surface area contributed by atoms with Crippen LogP contribution in [-0.2, 0) is 0 Å². The lowest BCUT2D eigenvalue weighted by molar-refractivity contribution is 0.103. The minimum absolute atomic E-state index is 0.682. The van der Waals surface area contributed by atoms with E-state index in [1.165, 1.54) is 64.8 Å². The van der Waals surface area contributed by atoms with E-state index < -0.39 is 0 Å². The average Bonchev–Trinajstić information content (AvgIpc) is 2.81. The Morgan fingerprint density at radius 2 is 2.12 bits per heavy atom. The van der Waals surface area contributed by atoms with E-state index in [0.29, 0.717) is 6.04 Å². The zero-order chi connectivity index (χ0) is 12.1. The Labute approximate surface area is 107 Å². The highest BCUT2D eigenvalue weighted by atomic mass is 15.3. The highest BCUT2D eigenvalue weighted by Crippen LogP contribution is 2.21. The fourth-order valence-corrected chi connectivity index (χ4v) is 3.19. The van der Waals surface area contributed by atoms with Crippen LogP contribution in [0.15, 0.2) is 0 Å². The van der Waals surface area contributed by atoms with Crippen molar-refractivity contribution in [3.8, 4) is 0 Å². The van der Waals surface area contributed by atoms with Gasteiger partial charge in [-0.1, -0.05) is 6.42 Å². The number of hydrogen-bond acceptors (Lipinski definition) is 3. The molecule has 0 bridgehead atoms. The van der Waals surface area contributed by atoms with E-state index in [4.69, 9.17) is 0 Å². The number of nitrogens with zero attached hydrogens (tertiary/aromatic N) is 2. The Bertz CT molecular complexity index is 220. The number of nitrogens with one attached hydrogen (secondary N) is 1. The molecule has 2 rings (SSSR count). The van der Waals surface area contributed by atoms with Gasteiger partial charge in [0.2, 0.25) is 0 Å². The van der Waals surface area contributed by atoms with Crippen molar-refractivity contribution in [3.63, 3.8) is 0 Å². The van der Waals surface area contributed by atoms with Crippen molar-refractivity contribution in [3.05, 3.63) is 0 Å². The molecule has 0 aromatic rings. The topological polar surface area (TPSA) is 18.5 Å². The molecule has 1 N–H and O–H groups in total. The zero-order valence-electron chi connectivity index (χ0n) is 11.6. The molecule has 2 aliphatic heterocycles. The van der Waals surface area contributed by atoms with Crippen molar-refractivity contribution in [2.24, 2.45) is 0 Å². The van der Waals surface area contributed by atoms with Crippen LogP contribution in [0.3, 0.4) is 0 Å². The molecular weight excluding hydrogens is 210 g/mol. The van der Waals surface area contributed by atoms with Gasteiger partial charge in [0, 0.05) is 31.7 Å². The third-order valence-corrected chi connectivity index (χ3v) is 4.53. The van der Waals surface area contributed by atoms with Crippen LogP contribution in [0.1, 0.15) is 39.0 Å². The van der Waals surface area contributed by atoms with E-state index in [1.54, 1.807) is 0 Å². The minimum Gasteiger partial charge on any atom is -0.317 e. The predicted octanol–water partition coefficient (Wildman–Crippen LogP) is 1.54. The highest BCUT2D eigenvalue weighted by Gasteiger charge is 2.29. The van der Waals surface area contributed by atoms with Crippen LogP contribution in [0.25, 0.3) is 0 Å². The Morgan fingerprint density at radius 1 is 1.24 bits per heavy atom. The van der Waals surface area contributed by atoms with Crippen LogP contribution < -0.4 is 5.32 Å². The maximum atomic E-state index is 3.31. The summed E-state index contributed by atoms with van der Waals surface area (Å²) in [6.07, 6.45) is 6.93. The highest BCUT2D eigenvalue weighted by molar-refractivity contribution is 4.86. The van der Waals surface area contributed by atoms with Gasteiger partial charge in [0.15, 0.2) is 0 Å². The molecule has 2 fully saturated rings. The molecule has 3 heteroatoms. The molecule has 2 atom stereocenters. The second-order valence-corrected chi connectivity index (χ2v) is 5.82. The summed E-state index contributed by atoms with van der Waals surface area (Å²) in [4.78, 5) is 5.39. The molecule has 0 radical (unpaired) electrons. The van der Waals surface area contributed by atoms with Crippen molar-refractivity contribution in [1.82, 2.24) is 15.1 Å². The molecule has 2 heterocycles. The normalized spacial score (nSPS) is 28.2. The van der Waals surface area contributed by atoms with Crippen molar-refractivity contribution in [2.75, 3.05) is 39.8 Å². The van der Waals surface area contributed by atoms with E-state index in [0.717, 1.165) is 6.04 Å². The standard InChI is InChI=1S/C14H29N3/c1-13(15-2)6-3-4-8-16-10-11-17-9-5-7-14(17)12-16/h13-15H,3-12H2,1-2H3. The van der Waals surface area contributed by atoms with Gasteiger partial charge in [-0.3, -0.25) is 4.90 Å². The molecule has 100 valence electrons. The van der Waals surface area contributed by atoms with Gasteiger partial charge in [0.25, 0.3) is 0 Å². The number of fused-ring (bicyclic) bond motifs is 1. The molecular formula is C14H29N3. The number of piperazine rings is 1. The van der Waals surface area contributed by atoms with E-state index in [-0.39, 0.29) is 0 Å². The lowest BCUT2D eigenvalue weighted by Crippen LogP contribution is -2.50. The summed E-state index contributed by atoms with van der Waals surface area (Å²) in [6, 6.07) is 1.57. The minimum atomic E-state index is 0.682. The monoisotopic (exact) mass is 239 g/mol. The first-order valence-electron chi connectivity index (χ1n) is 7.43. The molecule has 2 unspecified atom stereocenters. The van der Waals surface area contributed by atoms with Crippen LogP contribution in [0.5, 0.6) is 0 Å². The largest absolute Gasteiger partial charge is 0.317 e. The lowest BCUT2D eigenvalue weighted by atomic mass is 10.1. The maximum absolute atomic E-state index is 3.31. The Kier molecular flexibility index (Phi) is 5.26. The van der Waals surface area contributed by atoms with Crippen LogP contribution >= 0.6 is 0 Å². The quantitative estimate of drug-likeness (QED) is 0.710. The summed E-state index contributed by atoms with van der Waals surface area (Å²) in [7, 11) is 2.06. The average molecular weight is 239 g/mol. The van der Waals surface area contributed by atoms with Crippen molar-refractivity contribution >= 4 is 0 Å². The maximum Gasteiger partial charge on any atom is 0.0224 e. The van der Waals surface area contributed by atoms with E-state index in [9.17, 15) is 0 Å². The number of rotatable bonds is 6. The summed E-state index contributed by atoms with van der Waals surface area (Å²) < 4.78 is 0. The van der Waals surface area contributed by atoms with Gasteiger partial charge in [0.1, 0.15) is 0 Å². The van der Waals surface area contributed by atoms with Gasteiger partial charge in [0.05, 0.1) is 0 Å². The molecule has 3 nitrogen and oxygen atoms in total. The Morgan fingerprint density at radius 3 is 2.94 bits per heavy atom. The third kappa shape index (κ3) is 3.94. The second kappa shape index (κ2) is 6.72. The van der Waals surface area contributed by atoms with E-state index >= 15 is 0 Å². The van der Waals surface area contributed by atoms with Gasteiger partial charge in [-0.25, -0.2) is 0 Å². The fraction of sp³-hybridized carbons (Fsp3) is 1.00. The van der Waals surface area contributed by atoms with Crippen molar-refractivity contribution in [1.29, 1.82) is 0 Å². The first kappa shape index (κ1) is 13.3. The van der Waals surface area contributed by atoms with Gasteiger partial charge in [-0.05, 0) is 52.7 Å². The molecule has 0 amide bonds. The summed E-state index contributed by atoms with van der Waals surface area (Å²) in [5.74, 6) is 0. The summed E-state index contributed by atoms with van der Waals surface area (Å²) in [5, 5.41) is 3.31. The van der Waals surface area contributed by atoms with Gasteiger partial charge >= 0.3 is 0 Å². The Hall–Kier alpha value is -0.120. The van der Waals surface area contributed by atoms with Crippen LogP contribution in [0, 0.1) is 0 Å². The summed E-state index contributed by atoms with van der Waals surface area (Å²) >= 11 is 0. The molecule has 0 saturated carbocycles. The lowest BCUT2D eigenvalue weighted by Gasteiger charge is -2.37. The number of unbranched alkanes of at least 4 members (excludes halogenated alkanes) is 1. The first-order valence-corrected chi connectivity index (χ1v) is 7.43. The molecule has 0 spiro atoms. The molecule has 2 saturated heterocycles. The van der Waals surface area contributed by atoms with Crippen LogP contribution in [0.4, 0.5) is 0 Å². The fourth-order valence-electron chi connectivity index (χ4n) is 3.19. The molecule has 17 heavy (non-hydrogen) atoms. The second-order valence-electron chi connectivity index (χ2n) is 5.82. The summed E-state index contributed by atoms with van der Waals surface area (Å²) in [5.41, 5.74) is 0.